The normalized spacial score (nSPS) is 12.5. The van der Waals surface area contributed by atoms with E-state index in [1.165, 1.54) is 0 Å². The molecule has 0 aliphatic heterocycles. The van der Waals surface area contributed by atoms with Crippen molar-refractivity contribution in [1.82, 2.24) is 10.6 Å². The first kappa shape index (κ1) is 26.5. The zero-order valence-electron chi connectivity index (χ0n) is 21.7. The molecule has 0 fully saturated rings. The summed E-state index contributed by atoms with van der Waals surface area (Å²) in [5, 5.41) is 5.63. The fourth-order valence-corrected chi connectivity index (χ4v) is 4.95. The Balaban J connectivity index is 1.23. The Bertz CT molecular complexity index is 1460. The minimum atomic E-state index is -0.899. The molecule has 4 N–H and O–H groups in total. The Hall–Kier alpha value is -5.11. The highest BCUT2D eigenvalue weighted by Gasteiger charge is 2.30. The molecule has 8 nitrogen and oxygen atoms in total. The van der Waals surface area contributed by atoms with Gasteiger partial charge >= 0.3 is 12.2 Å². The van der Waals surface area contributed by atoms with Crippen LogP contribution in [0.2, 0.25) is 0 Å². The second-order valence-electron chi connectivity index (χ2n) is 9.50. The molecule has 8 heteroatoms. The molecule has 3 amide bonds. The maximum atomic E-state index is 13.2. The van der Waals surface area contributed by atoms with Crippen LogP contribution < -0.4 is 21.1 Å². The van der Waals surface area contributed by atoms with E-state index >= 15 is 0 Å². The molecule has 1 aliphatic rings. The molecule has 0 heterocycles. The summed E-state index contributed by atoms with van der Waals surface area (Å²) < 4.78 is 10.5. The van der Waals surface area contributed by atoms with Crippen LogP contribution in [-0.2, 0) is 22.5 Å². The number of hydrogen-bond donors (Lipinski definition) is 3. The highest BCUT2D eigenvalue weighted by molar-refractivity contribution is 5.86. The lowest BCUT2D eigenvalue weighted by molar-refractivity contribution is -0.123. The second-order valence-corrected chi connectivity index (χ2v) is 9.50. The summed E-state index contributed by atoms with van der Waals surface area (Å²) in [4.78, 5) is 37.1. The van der Waals surface area contributed by atoms with Gasteiger partial charge in [-0.3, -0.25) is 4.79 Å². The standard InChI is InChI=1S/C32H29N3O5/c33-31(37)40-23-16-14-22(15-17-23)19-34-30(36)29(18-21-8-2-1-3-9-21)35-32(38)39-20-28-26-12-6-4-10-24(26)25-11-5-7-13-27(25)28/h1-17,28-29H,18-20H2,(H2,33,37)(H,34,36)(H,35,38). The van der Waals surface area contributed by atoms with Gasteiger partial charge in [-0.25, -0.2) is 9.59 Å². The molecule has 4 aromatic rings. The van der Waals surface area contributed by atoms with Crippen molar-refractivity contribution < 1.29 is 23.9 Å². The Kier molecular flexibility index (Phi) is 8.06. The largest absolute Gasteiger partial charge is 0.449 e. The van der Waals surface area contributed by atoms with E-state index in [1.54, 1.807) is 24.3 Å². The zero-order valence-corrected chi connectivity index (χ0v) is 21.7. The summed E-state index contributed by atoms with van der Waals surface area (Å²) >= 11 is 0. The van der Waals surface area contributed by atoms with Gasteiger partial charge in [0.05, 0.1) is 0 Å². The summed E-state index contributed by atoms with van der Waals surface area (Å²) in [6, 6.07) is 31.4. The number of hydrogen-bond acceptors (Lipinski definition) is 5. The van der Waals surface area contributed by atoms with Crippen molar-refractivity contribution in [3.63, 3.8) is 0 Å². The number of primary amides is 1. The summed E-state index contributed by atoms with van der Waals surface area (Å²) in [7, 11) is 0. The molecule has 0 radical (unpaired) electrons. The van der Waals surface area contributed by atoms with Gasteiger partial charge in [-0.1, -0.05) is 91.0 Å². The molecule has 0 spiro atoms. The molecule has 5 rings (SSSR count). The Morgan fingerprint density at radius 2 is 1.35 bits per heavy atom. The molecule has 0 saturated carbocycles. The van der Waals surface area contributed by atoms with Crippen molar-refractivity contribution in [2.45, 2.75) is 24.9 Å². The highest BCUT2D eigenvalue weighted by atomic mass is 16.6. The first-order chi connectivity index (χ1) is 19.5. The van der Waals surface area contributed by atoms with E-state index in [0.717, 1.165) is 33.4 Å². The molecule has 202 valence electrons. The summed E-state index contributed by atoms with van der Waals surface area (Å²) in [6.45, 7) is 0.368. The number of rotatable bonds is 9. The zero-order chi connectivity index (χ0) is 27.9. The van der Waals surface area contributed by atoms with E-state index in [2.05, 4.69) is 34.9 Å². The third kappa shape index (κ3) is 6.30. The van der Waals surface area contributed by atoms with Crippen LogP contribution in [0.1, 0.15) is 28.2 Å². The quantitative estimate of drug-likeness (QED) is 0.281. The lowest BCUT2D eigenvalue weighted by atomic mass is 9.98. The van der Waals surface area contributed by atoms with Gasteiger partial charge in [-0.15, -0.1) is 0 Å². The van der Waals surface area contributed by atoms with Gasteiger partial charge < -0.3 is 25.8 Å². The van der Waals surface area contributed by atoms with Crippen molar-refractivity contribution in [1.29, 1.82) is 0 Å². The number of carbonyl (C=O) groups excluding carboxylic acids is 3. The molecule has 1 aliphatic carbocycles. The predicted molar refractivity (Wildman–Crippen MR) is 151 cm³/mol. The number of fused-ring (bicyclic) bond motifs is 3. The average Bonchev–Trinajstić information content (AvgIpc) is 3.29. The number of nitrogens with one attached hydrogen (secondary N) is 2. The molecule has 0 bridgehead atoms. The summed E-state index contributed by atoms with van der Waals surface area (Å²) in [5.41, 5.74) is 11.2. The fraction of sp³-hybridized carbons (Fsp3) is 0.156. The van der Waals surface area contributed by atoms with Crippen LogP contribution in [0, 0.1) is 0 Å². The van der Waals surface area contributed by atoms with E-state index in [0.29, 0.717) is 12.2 Å². The minimum absolute atomic E-state index is 0.0823. The van der Waals surface area contributed by atoms with Crippen molar-refractivity contribution in [3.8, 4) is 16.9 Å². The first-order valence-corrected chi connectivity index (χ1v) is 13.0. The Morgan fingerprint density at radius 1 is 0.750 bits per heavy atom. The van der Waals surface area contributed by atoms with E-state index in [4.69, 9.17) is 15.2 Å². The average molecular weight is 536 g/mol. The third-order valence-corrected chi connectivity index (χ3v) is 6.84. The van der Waals surface area contributed by atoms with E-state index < -0.39 is 18.2 Å². The molecule has 40 heavy (non-hydrogen) atoms. The van der Waals surface area contributed by atoms with Crippen LogP contribution in [-0.4, -0.2) is 30.7 Å². The maximum absolute atomic E-state index is 13.2. The van der Waals surface area contributed by atoms with Crippen molar-refractivity contribution in [2.24, 2.45) is 5.73 Å². The van der Waals surface area contributed by atoms with Crippen LogP contribution in [0.15, 0.2) is 103 Å². The SMILES string of the molecule is NC(=O)Oc1ccc(CNC(=O)C(Cc2ccccc2)NC(=O)OCC2c3ccccc3-c3ccccc32)cc1. The highest BCUT2D eigenvalue weighted by Crippen LogP contribution is 2.44. The van der Waals surface area contributed by atoms with Crippen molar-refractivity contribution in [3.05, 3.63) is 125 Å². The Labute approximate surface area is 232 Å². The molecular weight excluding hydrogens is 506 g/mol. The third-order valence-electron chi connectivity index (χ3n) is 6.84. The van der Waals surface area contributed by atoms with E-state index in [9.17, 15) is 14.4 Å². The van der Waals surface area contributed by atoms with Crippen molar-refractivity contribution >= 4 is 18.1 Å². The first-order valence-electron chi connectivity index (χ1n) is 13.0. The maximum Gasteiger partial charge on any atom is 0.409 e. The van der Waals surface area contributed by atoms with Gasteiger partial charge in [0, 0.05) is 18.9 Å². The number of ether oxygens (including phenoxy) is 2. The number of carbonyl (C=O) groups is 3. The van der Waals surface area contributed by atoms with Crippen LogP contribution in [0.25, 0.3) is 11.1 Å². The lowest BCUT2D eigenvalue weighted by Crippen LogP contribution is -2.48. The molecule has 0 saturated heterocycles. The van der Waals surface area contributed by atoms with Crippen LogP contribution in [0.5, 0.6) is 5.75 Å². The second kappa shape index (κ2) is 12.2. The number of benzene rings is 4. The fourth-order valence-electron chi connectivity index (χ4n) is 4.95. The minimum Gasteiger partial charge on any atom is -0.449 e. The monoisotopic (exact) mass is 535 g/mol. The van der Waals surface area contributed by atoms with E-state index in [1.807, 2.05) is 54.6 Å². The topological polar surface area (TPSA) is 120 Å². The Morgan fingerprint density at radius 3 is 1.98 bits per heavy atom. The molecule has 1 atom stereocenters. The smallest absolute Gasteiger partial charge is 0.409 e. The van der Waals surface area contributed by atoms with Gasteiger partial charge in [0.2, 0.25) is 5.91 Å². The van der Waals surface area contributed by atoms with Gasteiger partial charge in [-0.05, 0) is 45.5 Å². The number of nitrogens with two attached hydrogens (primary N) is 1. The summed E-state index contributed by atoms with van der Waals surface area (Å²) in [6.07, 6.45) is -1.27. The van der Waals surface area contributed by atoms with Crippen LogP contribution >= 0.6 is 0 Å². The molecule has 4 aromatic carbocycles. The van der Waals surface area contributed by atoms with Gasteiger partial charge in [0.25, 0.3) is 0 Å². The van der Waals surface area contributed by atoms with E-state index in [-0.39, 0.29) is 25.0 Å². The lowest BCUT2D eigenvalue weighted by Gasteiger charge is -2.20. The summed E-state index contributed by atoms with van der Waals surface area (Å²) in [5.74, 6) is -0.127. The number of alkyl carbamates (subject to hydrolysis) is 1. The van der Waals surface area contributed by atoms with Gasteiger partial charge in [-0.2, -0.15) is 0 Å². The number of amides is 3. The predicted octanol–water partition coefficient (Wildman–Crippen LogP) is 4.91. The van der Waals surface area contributed by atoms with Gasteiger partial charge in [0.1, 0.15) is 18.4 Å². The van der Waals surface area contributed by atoms with Crippen molar-refractivity contribution in [2.75, 3.05) is 6.61 Å². The molecule has 0 aromatic heterocycles. The van der Waals surface area contributed by atoms with Crippen LogP contribution in [0.4, 0.5) is 9.59 Å². The van der Waals surface area contributed by atoms with Gasteiger partial charge in [0.15, 0.2) is 0 Å². The molecular formula is C32H29N3O5. The van der Waals surface area contributed by atoms with Crippen LogP contribution in [0.3, 0.4) is 0 Å². The molecule has 1 unspecified atom stereocenters.